The van der Waals surface area contributed by atoms with E-state index in [2.05, 4.69) is 43.2 Å². The predicted octanol–water partition coefficient (Wildman–Crippen LogP) is 2.91. The molecular formula is C15H26N2O. The molecule has 0 aliphatic rings. The summed E-state index contributed by atoms with van der Waals surface area (Å²) >= 11 is 0. The van der Waals surface area contributed by atoms with Crippen molar-refractivity contribution in [2.24, 2.45) is 0 Å². The van der Waals surface area contributed by atoms with Crippen molar-refractivity contribution in [2.75, 3.05) is 32.1 Å². The Bertz CT molecular complexity index is 324. The SMILES string of the molecule is CCCNCC(CC)N(C)c1ccc(OC)cc1. The van der Waals surface area contributed by atoms with Crippen LogP contribution in [0, 0.1) is 0 Å². The predicted molar refractivity (Wildman–Crippen MR) is 78.6 cm³/mol. The molecule has 3 heteroatoms. The Morgan fingerprint density at radius 3 is 2.39 bits per heavy atom. The molecule has 0 aromatic heterocycles. The minimum Gasteiger partial charge on any atom is -0.497 e. The van der Waals surface area contributed by atoms with E-state index in [1.165, 1.54) is 12.1 Å². The van der Waals surface area contributed by atoms with E-state index >= 15 is 0 Å². The molecule has 102 valence electrons. The smallest absolute Gasteiger partial charge is 0.119 e. The Morgan fingerprint density at radius 2 is 1.89 bits per heavy atom. The number of anilines is 1. The largest absolute Gasteiger partial charge is 0.497 e. The van der Waals surface area contributed by atoms with Crippen molar-refractivity contribution >= 4 is 5.69 Å². The fraction of sp³-hybridized carbons (Fsp3) is 0.600. The van der Waals surface area contributed by atoms with Crippen molar-refractivity contribution in [3.8, 4) is 5.75 Å². The summed E-state index contributed by atoms with van der Waals surface area (Å²) in [6.07, 6.45) is 2.32. The highest BCUT2D eigenvalue weighted by atomic mass is 16.5. The summed E-state index contributed by atoms with van der Waals surface area (Å²) in [5.41, 5.74) is 1.24. The average molecular weight is 250 g/mol. The topological polar surface area (TPSA) is 24.5 Å². The highest BCUT2D eigenvalue weighted by molar-refractivity contribution is 5.49. The lowest BCUT2D eigenvalue weighted by molar-refractivity contribution is 0.414. The van der Waals surface area contributed by atoms with Gasteiger partial charge in [0.2, 0.25) is 0 Å². The molecule has 1 N–H and O–H groups in total. The lowest BCUT2D eigenvalue weighted by Gasteiger charge is -2.29. The van der Waals surface area contributed by atoms with E-state index in [1.54, 1.807) is 7.11 Å². The van der Waals surface area contributed by atoms with Gasteiger partial charge in [-0.15, -0.1) is 0 Å². The average Bonchev–Trinajstić information content (AvgIpc) is 2.43. The fourth-order valence-corrected chi connectivity index (χ4v) is 2.03. The van der Waals surface area contributed by atoms with E-state index in [1.807, 2.05) is 12.1 Å². The zero-order valence-electron chi connectivity index (χ0n) is 12.1. The number of ether oxygens (including phenoxy) is 1. The van der Waals surface area contributed by atoms with Crippen molar-refractivity contribution in [3.63, 3.8) is 0 Å². The van der Waals surface area contributed by atoms with Gasteiger partial charge in [0.05, 0.1) is 7.11 Å². The number of hydrogen-bond donors (Lipinski definition) is 1. The molecule has 0 saturated heterocycles. The van der Waals surface area contributed by atoms with E-state index in [0.29, 0.717) is 6.04 Å². The third-order valence-corrected chi connectivity index (χ3v) is 3.31. The normalized spacial score (nSPS) is 12.2. The van der Waals surface area contributed by atoms with Gasteiger partial charge in [-0.2, -0.15) is 0 Å². The van der Waals surface area contributed by atoms with Crippen LogP contribution in [0.4, 0.5) is 5.69 Å². The van der Waals surface area contributed by atoms with Crippen molar-refractivity contribution in [1.82, 2.24) is 5.32 Å². The van der Waals surface area contributed by atoms with Crippen molar-refractivity contribution in [2.45, 2.75) is 32.7 Å². The van der Waals surface area contributed by atoms with Crippen LogP contribution in [-0.2, 0) is 0 Å². The van der Waals surface area contributed by atoms with Gasteiger partial charge in [0, 0.05) is 25.3 Å². The van der Waals surface area contributed by atoms with Gasteiger partial charge in [-0.25, -0.2) is 0 Å². The summed E-state index contributed by atoms with van der Waals surface area (Å²) in [4.78, 5) is 2.34. The quantitative estimate of drug-likeness (QED) is 0.718. The molecule has 1 aromatic rings. The van der Waals surface area contributed by atoms with Crippen LogP contribution in [0.2, 0.25) is 0 Å². The Kier molecular flexibility index (Phi) is 6.58. The summed E-state index contributed by atoms with van der Waals surface area (Å²) < 4.78 is 5.18. The Labute approximate surface area is 111 Å². The third-order valence-electron chi connectivity index (χ3n) is 3.31. The highest BCUT2D eigenvalue weighted by Crippen LogP contribution is 2.20. The van der Waals surface area contributed by atoms with Gasteiger partial charge in [0.1, 0.15) is 5.75 Å². The van der Waals surface area contributed by atoms with Gasteiger partial charge < -0.3 is 15.0 Å². The van der Waals surface area contributed by atoms with Gasteiger partial charge in [-0.1, -0.05) is 13.8 Å². The number of nitrogens with one attached hydrogen (secondary N) is 1. The highest BCUT2D eigenvalue weighted by Gasteiger charge is 2.12. The first-order chi connectivity index (χ1) is 8.72. The van der Waals surface area contributed by atoms with E-state index < -0.39 is 0 Å². The summed E-state index contributed by atoms with van der Waals surface area (Å²) in [5, 5.41) is 3.49. The van der Waals surface area contributed by atoms with E-state index in [0.717, 1.165) is 25.3 Å². The lowest BCUT2D eigenvalue weighted by atomic mass is 10.1. The number of rotatable bonds is 8. The standard InChI is InChI=1S/C15H26N2O/c1-5-11-16-12-13(6-2)17(3)14-7-9-15(18-4)10-8-14/h7-10,13,16H,5-6,11-12H2,1-4H3. The monoisotopic (exact) mass is 250 g/mol. The molecule has 0 saturated carbocycles. The molecule has 0 aliphatic carbocycles. The van der Waals surface area contributed by atoms with Gasteiger partial charge in [0.25, 0.3) is 0 Å². The maximum atomic E-state index is 5.18. The molecule has 0 fully saturated rings. The van der Waals surface area contributed by atoms with Crippen LogP contribution in [0.1, 0.15) is 26.7 Å². The first-order valence-corrected chi connectivity index (χ1v) is 6.80. The van der Waals surface area contributed by atoms with Crippen LogP contribution < -0.4 is 15.0 Å². The van der Waals surface area contributed by atoms with E-state index in [9.17, 15) is 0 Å². The molecule has 1 rings (SSSR count). The molecule has 0 bridgehead atoms. The lowest BCUT2D eigenvalue weighted by Crippen LogP contribution is -2.40. The molecule has 0 radical (unpaired) electrons. The molecular weight excluding hydrogens is 224 g/mol. The second kappa shape index (κ2) is 7.98. The number of benzene rings is 1. The van der Waals surface area contributed by atoms with Crippen molar-refractivity contribution in [3.05, 3.63) is 24.3 Å². The van der Waals surface area contributed by atoms with Crippen LogP contribution in [0.25, 0.3) is 0 Å². The summed E-state index contributed by atoms with van der Waals surface area (Å²) in [5.74, 6) is 0.907. The number of hydrogen-bond acceptors (Lipinski definition) is 3. The van der Waals surface area contributed by atoms with Crippen LogP contribution in [0.5, 0.6) is 5.75 Å². The maximum Gasteiger partial charge on any atom is 0.119 e. The molecule has 18 heavy (non-hydrogen) atoms. The molecule has 0 heterocycles. The maximum absolute atomic E-state index is 5.18. The first kappa shape index (κ1) is 14.8. The molecule has 1 aromatic carbocycles. The second-order valence-electron chi connectivity index (χ2n) is 4.58. The van der Waals surface area contributed by atoms with Crippen molar-refractivity contribution in [1.29, 1.82) is 0 Å². The zero-order valence-corrected chi connectivity index (χ0v) is 12.1. The first-order valence-electron chi connectivity index (χ1n) is 6.80. The van der Waals surface area contributed by atoms with Crippen LogP contribution >= 0.6 is 0 Å². The fourth-order valence-electron chi connectivity index (χ4n) is 2.03. The zero-order chi connectivity index (χ0) is 13.4. The Morgan fingerprint density at radius 1 is 1.22 bits per heavy atom. The Hall–Kier alpha value is -1.22. The van der Waals surface area contributed by atoms with Crippen LogP contribution in [0.3, 0.4) is 0 Å². The summed E-state index contributed by atoms with van der Waals surface area (Å²) in [6, 6.07) is 8.78. The number of likely N-dealkylation sites (N-methyl/N-ethyl adjacent to an activating group) is 1. The van der Waals surface area contributed by atoms with Gasteiger partial charge >= 0.3 is 0 Å². The Balaban J connectivity index is 2.60. The van der Waals surface area contributed by atoms with Crippen LogP contribution in [-0.4, -0.2) is 33.3 Å². The molecule has 0 spiro atoms. The number of methoxy groups -OCH3 is 1. The molecule has 0 amide bonds. The minimum absolute atomic E-state index is 0.532. The molecule has 3 nitrogen and oxygen atoms in total. The van der Waals surface area contributed by atoms with Gasteiger partial charge in [0.15, 0.2) is 0 Å². The molecule has 1 unspecified atom stereocenters. The van der Waals surface area contributed by atoms with E-state index in [-0.39, 0.29) is 0 Å². The summed E-state index contributed by atoms with van der Waals surface area (Å²) in [6.45, 7) is 6.55. The van der Waals surface area contributed by atoms with Crippen molar-refractivity contribution < 1.29 is 4.74 Å². The molecule has 0 aliphatic heterocycles. The number of nitrogens with zero attached hydrogens (tertiary/aromatic N) is 1. The molecule has 1 atom stereocenters. The summed E-state index contributed by atoms with van der Waals surface area (Å²) in [7, 11) is 3.85. The van der Waals surface area contributed by atoms with Gasteiger partial charge in [-0.3, -0.25) is 0 Å². The second-order valence-corrected chi connectivity index (χ2v) is 4.58. The van der Waals surface area contributed by atoms with Crippen LogP contribution in [0.15, 0.2) is 24.3 Å². The van der Waals surface area contributed by atoms with Gasteiger partial charge in [-0.05, 0) is 43.7 Å². The minimum atomic E-state index is 0.532. The third kappa shape index (κ3) is 4.22. The van der Waals surface area contributed by atoms with E-state index in [4.69, 9.17) is 4.74 Å².